The van der Waals surface area contributed by atoms with E-state index >= 15 is 0 Å². The van der Waals surface area contributed by atoms with Crippen molar-refractivity contribution in [3.05, 3.63) is 122 Å². The minimum absolute atomic E-state index is 0.0361. The second-order valence-corrected chi connectivity index (χ2v) is 31.2. The largest absolute Gasteiger partial charge is 0.756 e. The van der Waals surface area contributed by atoms with Gasteiger partial charge in [-0.25, -0.2) is 0 Å². The van der Waals surface area contributed by atoms with E-state index in [0.717, 1.165) is 109 Å². The molecule has 2 unspecified atom stereocenters. The van der Waals surface area contributed by atoms with E-state index in [2.05, 4.69) is 135 Å². The Balaban J connectivity index is 3.97. The van der Waals surface area contributed by atoms with Crippen LogP contribution in [0.3, 0.4) is 0 Å². The Hall–Kier alpha value is -3.59. The molecule has 0 saturated carbocycles. The summed E-state index contributed by atoms with van der Waals surface area (Å²) in [4.78, 5) is 38.2. The average molecular weight is 1430 g/mol. The summed E-state index contributed by atoms with van der Waals surface area (Å²) in [5, 5.41) is 0. The summed E-state index contributed by atoms with van der Waals surface area (Å²) in [6.45, 7) is 4.16. The molecule has 0 radical (unpaired) electrons. The molecule has 10 heteroatoms. The van der Waals surface area contributed by atoms with Crippen LogP contribution in [0.2, 0.25) is 0 Å². The summed E-state index contributed by atoms with van der Waals surface area (Å²) >= 11 is 0. The Morgan fingerprint density at radius 3 is 0.842 bits per heavy atom. The maximum atomic E-state index is 12.9. The maximum Gasteiger partial charge on any atom is 0.306 e. The van der Waals surface area contributed by atoms with Crippen LogP contribution in [0.15, 0.2) is 122 Å². The van der Waals surface area contributed by atoms with Gasteiger partial charge < -0.3 is 27.9 Å². The fraction of sp³-hybridized carbons (Fsp3) is 0.758. The third-order valence-electron chi connectivity index (χ3n) is 18.7. The molecule has 0 amide bonds. The first-order chi connectivity index (χ1) is 49.5. The van der Waals surface area contributed by atoms with Gasteiger partial charge in [-0.05, 0) is 89.9 Å². The van der Waals surface area contributed by atoms with Crippen molar-refractivity contribution in [2.24, 2.45) is 0 Å². The number of allylic oxidation sites excluding steroid dienone is 20. The van der Waals surface area contributed by atoms with Gasteiger partial charge in [-0.3, -0.25) is 14.2 Å². The zero-order chi connectivity index (χ0) is 73.3. The van der Waals surface area contributed by atoms with Crippen molar-refractivity contribution in [2.45, 2.75) is 399 Å². The smallest absolute Gasteiger partial charge is 0.306 e. The first-order valence-electron chi connectivity index (χ1n) is 42.7. The second kappa shape index (κ2) is 80.5. The molecule has 0 rings (SSSR count). The molecule has 0 spiro atoms. The number of ether oxygens (including phenoxy) is 2. The van der Waals surface area contributed by atoms with Gasteiger partial charge in [0.05, 0.1) is 27.7 Å². The van der Waals surface area contributed by atoms with Crippen LogP contribution in [0, 0.1) is 0 Å². The molecule has 0 bridgehead atoms. The van der Waals surface area contributed by atoms with Gasteiger partial charge in [0, 0.05) is 12.8 Å². The van der Waals surface area contributed by atoms with E-state index in [1.165, 1.54) is 250 Å². The Morgan fingerprint density at radius 2 is 0.564 bits per heavy atom. The maximum absolute atomic E-state index is 12.9. The van der Waals surface area contributed by atoms with Crippen LogP contribution in [-0.4, -0.2) is 70.0 Å². The van der Waals surface area contributed by atoms with Crippen LogP contribution in [0.25, 0.3) is 0 Å². The third kappa shape index (κ3) is 85.2. The third-order valence-corrected chi connectivity index (χ3v) is 19.7. The van der Waals surface area contributed by atoms with Crippen molar-refractivity contribution in [1.29, 1.82) is 0 Å². The molecule has 101 heavy (non-hydrogen) atoms. The van der Waals surface area contributed by atoms with Crippen LogP contribution < -0.4 is 4.89 Å². The summed E-state index contributed by atoms with van der Waals surface area (Å²) in [7, 11) is 1.16. The van der Waals surface area contributed by atoms with Gasteiger partial charge in [0.25, 0.3) is 7.82 Å². The van der Waals surface area contributed by atoms with Gasteiger partial charge in [-0.15, -0.1) is 0 Å². The number of hydrogen-bond acceptors (Lipinski definition) is 8. The highest BCUT2D eigenvalue weighted by Crippen LogP contribution is 2.38. The number of likely N-dealkylation sites (N-methyl/N-ethyl adjacent to an activating group) is 1. The van der Waals surface area contributed by atoms with E-state index < -0.39 is 26.5 Å². The molecule has 0 aromatic carbocycles. The number of hydrogen-bond donors (Lipinski definition) is 0. The lowest BCUT2D eigenvalue weighted by molar-refractivity contribution is -0.870. The highest BCUT2D eigenvalue weighted by molar-refractivity contribution is 7.45. The number of carbonyl (C=O) groups excluding carboxylic acids is 2. The normalized spacial score (nSPS) is 13.6. The fourth-order valence-corrected chi connectivity index (χ4v) is 13.0. The SMILES string of the molecule is CC/C=C\C/C=C\C/C=C\C/C=C\C/C=C\C/C=C\C/C=C\C/C=C\C/C=C\C/C=C\CCCCCCCCCCC(=O)OC(COC(=O)CCCCCCCCCCCCCCCCCCCCCCCCCCCCCCCCCCCCCCCC)COP(=O)([O-])OCC[N+](C)(C)C. The predicted molar refractivity (Wildman–Crippen MR) is 438 cm³/mol. The number of unbranched alkanes of at least 4 members (excludes halogenated alkanes) is 45. The van der Waals surface area contributed by atoms with Gasteiger partial charge in [0.15, 0.2) is 6.10 Å². The molecule has 0 aliphatic heterocycles. The first-order valence-corrected chi connectivity index (χ1v) is 44.2. The number of carbonyl (C=O) groups is 2. The summed E-state index contributed by atoms with van der Waals surface area (Å²) in [5.74, 6) is -0.833. The zero-order valence-corrected chi connectivity index (χ0v) is 67.7. The number of esters is 2. The molecule has 2 atom stereocenters. The minimum atomic E-state index is -4.66. The Bertz CT molecular complexity index is 2130. The highest BCUT2D eigenvalue weighted by Gasteiger charge is 2.22. The average Bonchev–Trinajstić information content (AvgIpc) is 0.973. The van der Waals surface area contributed by atoms with Crippen LogP contribution in [0.5, 0.6) is 0 Å². The van der Waals surface area contributed by atoms with E-state index in [-0.39, 0.29) is 32.0 Å². The molecular weight excluding hydrogens is 1270 g/mol. The molecule has 0 fully saturated rings. The van der Waals surface area contributed by atoms with Gasteiger partial charge in [-0.1, -0.05) is 411 Å². The summed E-state index contributed by atoms with van der Waals surface area (Å²) in [5.41, 5.74) is 0. The minimum Gasteiger partial charge on any atom is -0.756 e. The van der Waals surface area contributed by atoms with E-state index in [0.29, 0.717) is 17.4 Å². The number of phosphoric acid groups is 1. The molecule has 0 aliphatic rings. The quantitative estimate of drug-likeness (QED) is 0.0195. The molecule has 0 aromatic heterocycles. The van der Waals surface area contributed by atoms with Gasteiger partial charge in [0.2, 0.25) is 0 Å². The summed E-state index contributed by atoms with van der Waals surface area (Å²) in [6.07, 6.45) is 116. The Morgan fingerprint density at radius 1 is 0.317 bits per heavy atom. The van der Waals surface area contributed by atoms with Crippen LogP contribution in [0.1, 0.15) is 393 Å². The Kier molecular flexibility index (Phi) is 77.6. The standard InChI is InChI=1S/C91H162NO8P/c1-6-8-10-12-14-16-18-20-22-24-26-28-30-32-34-36-38-40-42-44-46-48-50-52-54-56-58-60-62-64-66-68-70-72-74-76-78-80-82-84-91(94)100-89(88-99-101(95,96)98-86-85-92(3,4)5)87-97-90(93)83-81-79-77-75-73-71-69-67-65-63-61-59-57-55-53-51-49-47-45-43-41-39-37-35-33-31-29-27-25-23-21-19-17-15-13-11-9-7-2/h8,10,14,16,20,22,26,28,32,34,38,40,44,46,50,52,56,58,62,64,89H,6-7,9,11-13,15,17-19,21,23-25,27,29-31,33,35-37,39,41-43,45,47-49,51,53-55,57,59-61,63,65-88H2,1-5H3/b10-8-,16-14-,22-20-,28-26-,34-32-,40-38-,46-44-,52-50-,58-56-,64-62-. The van der Waals surface area contributed by atoms with Crippen molar-refractivity contribution in [1.82, 2.24) is 0 Å². The first kappa shape index (κ1) is 97.4. The fourth-order valence-electron chi connectivity index (χ4n) is 12.3. The summed E-state index contributed by atoms with van der Waals surface area (Å²) in [6, 6.07) is 0. The van der Waals surface area contributed by atoms with Crippen molar-refractivity contribution in [3.8, 4) is 0 Å². The molecule has 0 N–H and O–H groups in total. The second-order valence-electron chi connectivity index (χ2n) is 29.8. The molecular formula is C91H162NO8P. The van der Waals surface area contributed by atoms with Crippen LogP contribution in [0.4, 0.5) is 0 Å². The lowest BCUT2D eigenvalue weighted by Gasteiger charge is -2.28. The Labute approximate surface area is 626 Å². The predicted octanol–water partition coefficient (Wildman–Crippen LogP) is 28.3. The molecule has 0 heterocycles. The molecule has 584 valence electrons. The lowest BCUT2D eigenvalue weighted by atomic mass is 10.0. The van der Waals surface area contributed by atoms with Crippen LogP contribution >= 0.6 is 7.82 Å². The topological polar surface area (TPSA) is 111 Å². The van der Waals surface area contributed by atoms with Crippen molar-refractivity contribution >= 4 is 19.8 Å². The van der Waals surface area contributed by atoms with Gasteiger partial charge >= 0.3 is 11.9 Å². The monoisotopic (exact) mass is 1430 g/mol. The van der Waals surface area contributed by atoms with Crippen molar-refractivity contribution < 1.29 is 42.1 Å². The number of quaternary nitrogens is 1. The zero-order valence-electron chi connectivity index (χ0n) is 66.8. The van der Waals surface area contributed by atoms with Crippen molar-refractivity contribution in [2.75, 3.05) is 47.5 Å². The summed E-state index contributed by atoms with van der Waals surface area (Å²) < 4.78 is 34.4. The van der Waals surface area contributed by atoms with Gasteiger partial charge in [-0.2, -0.15) is 0 Å². The number of nitrogens with zero attached hydrogens (tertiary/aromatic N) is 1. The molecule has 0 aliphatic carbocycles. The van der Waals surface area contributed by atoms with E-state index in [1.807, 2.05) is 21.1 Å². The van der Waals surface area contributed by atoms with Gasteiger partial charge in [0.1, 0.15) is 19.8 Å². The molecule has 9 nitrogen and oxygen atoms in total. The molecule has 0 saturated heterocycles. The molecule has 0 aromatic rings. The van der Waals surface area contributed by atoms with E-state index in [4.69, 9.17) is 18.5 Å². The van der Waals surface area contributed by atoms with Crippen LogP contribution in [-0.2, 0) is 32.7 Å². The van der Waals surface area contributed by atoms with E-state index in [1.54, 1.807) is 0 Å². The van der Waals surface area contributed by atoms with Crippen molar-refractivity contribution in [3.63, 3.8) is 0 Å². The highest BCUT2D eigenvalue weighted by atomic mass is 31.2. The lowest BCUT2D eigenvalue weighted by Crippen LogP contribution is -2.37. The number of phosphoric ester groups is 1. The van der Waals surface area contributed by atoms with E-state index in [9.17, 15) is 19.0 Å². The number of rotatable bonds is 79.